The van der Waals surface area contributed by atoms with Gasteiger partial charge in [-0.15, -0.1) is 0 Å². The fourth-order valence-electron chi connectivity index (χ4n) is 3.56. The number of β-amino-alcohol motifs (C(OH)–C–C–N with tert-alkyl or cyclic N) is 1. The zero-order chi connectivity index (χ0) is 15.5. The molecule has 22 heavy (non-hydrogen) atoms. The number of ether oxygens (including phenoxy) is 1. The molecule has 1 saturated heterocycles. The summed E-state index contributed by atoms with van der Waals surface area (Å²) in [5, 5.41) is 14.8. The minimum Gasteiger partial charge on any atom is -0.394 e. The zero-order valence-electron chi connectivity index (χ0n) is 12.7. The van der Waals surface area contributed by atoms with E-state index in [-0.39, 0.29) is 30.9 Å². The van der Waals surface area contributed by atoms with Gasteiger partial charge in [-0.2, -0.15) is 5.10 Å². The standard InChI is InChI=1S/C15H23N3O4/c19-8-5-18-15(21)13(11-3-1-2-4-12(11)16-18)14(20)17-6-9-22-10-7-17/h11,13,19H,1-10H2. The predicted molar refractivity (Wildman–Crippen MR) is 79.1 cm³/mol. The molecule has 1 aliphatic carbocycles. The molecule has 0 bridgehead atoms. The summed E-state index contributed by atoms with van der Waals surface area (Å²) in [5.41, 5.74) is 0.950. The van der Waals surface area contributed by atoms with Crippen molar-refractivity contribution in [2.45, 2.75) is 25.7 Å². The maximum absolute atomic E-state index is 12.9. The van der Waals surface area contributed by atoms with Gasteiger partial charge in [0.25, 0.3) is 5.91 Å². The van der Waals surface area contributed by atoms with Crippen molar-refractivity contribution in [2.24, 2.45) is 16.9 Å². The van der Waals surface area contributed by atoms with Crippen molar-refractivity contribution in [3.8, 4) is 0 Å². The lowest BCUT2D eigenvalue weighted by atomic mass is 9.76. The number of aliphatic hydroxyl groups is 1. The number of fused-ring (bicyclic) bond motifs is 1. The van der Waals surface area contributed by atoms with Crippen LogP contribution in [-0.2, 0) is 14.3 Å². The smallest absolute Gasteiger partial charge is 0.255 e. The van der Waals surface area contributed by atoms with Crippen LogP contribution in [0.25, 0.3) is 0 Å². The van der Waals surface area contributed by atoms with Crippen LogP contribution in [0.5, 0.6) is 0 Å². The van der Waals surface area contributed by atoms with Gasteiger partial charge < -0.3 is 14.7 Å². The minimum absolute atomic E-state index is 0.0634. The molecule has 2 unspecified atom stereocenters. The molecule has 0 radical (unpaired) electrons. The van der Waals surface area contributed by atoms with Crippen molar-refractivity contribution in [3.63, 3.8) is 0 Å². The van der Waals surface area contributed by atoms with Crippen LogP contribution in [0.15, 0.2) is 5.10 Å². The summed E-state index contributed by atoms with van der Waals surface area (Å²) >= 11 is 0. The number of carbonyl (C=O) groups excluding carboxylic acids is 2. The molecule has 0 aromatic carbocycles. The number of aliphatic hydroxyl groups excluding tert-OH is 1. The van der Waals surface area contributed by atoms with Gasteiger partial charge in [0.05, 0.1) is 26.4 Å². The monoisotopic (exact) mass is 309 g/mol. The van der Waals surface area contributed by atoms with E-state index in [1.165, 1.54) is 5.01 Å². The van der Waals surface area contributed by atoms with Gasteiger partial charge in [0.1, 0.15) is 5.92 Å². The van der Waals surface area contributed by atoms with Gasteiger partial charge in [-0.1, -0.05) is 6.42 Å². The van der Waals surface area contributed by atoms with Gasteiger partial charge >= 0.3 is 0 Å². The first-order valence-electron chi connectivity index (χ1n) is 8.08. The maximum Gasteiger partial charge on any atom is 0.255 e. The van der Waals surface area contributed by atoms with E-state index in [1.54, 1.807) is 4.90 Å². The van der Waals surface area contributed by atoms with E-state index in [1.807, 2.05) is 0 Å². The van der Waals surface area contributed by atoms with Crippen LogP contribution in [0.4, 0.5) is 0 Å². The van der Waals surface area contributed by atoms with Crippen molar-refractivity contribution < 1.29 is 19.4 Å². The minimum atomic E-state index is -0.669. The highest BCUT2D eigenvalue weighted by molar-refractivity contribution is 6.08. The highest BCUT2D eigenvalue weighted by Gasteiger charge is 2.46. The molecule has 0 aromatic rings. The average Bonchev–Trinajstić information content (AvgIpc) is 2.56. The Morgan fingerprint density at radius 3 is 2.82 bits per heavy atom. The van der Waals surface area contributed by atoms with Crippen molar-refractivity contribution in [1.82, 2.24) is 9.91 Å². The van der Waals surface area contributed by atoms with E-state index >= 15 is 0 Å². The Morgan fingerprint density at radius 2 is 2.09 bits per heavy atom. The summed E-state index contributed by atoms with van der Waals surface area (Å²) in [7, 11) is 0. The molecule has 0 aromatic heterocycles. The van der Waals surface area contributed by atoms with E-state index in [2.05, 4.69) is 5.10 Å². The Labute approximate surface area is 129 Å². The highest BCUT2D eigenvalue weighted by Crippen LogP contribution is 2.34. The Balaban J connectivity index is 1.84. The molecular formula is C15H23N3O4. The van der Waals surface area contributed by atoms with Crippen LogP contribution in [-0.4, -0.2) is 72.0 Å². The molecule has 2 aliphatic heterocycles. The van der Waals surface area contributed by atoms with Crippen LogP contribution >= 0.6 is 0 Å². The summed E-state index contributed by atoms with van der Waals surface area (Å²) in [4.78, 5) is 27.3. The van der Waals surface area contributed by atoms with E-state index in [0.717, 1.165) is 31.4 Å². The number of rotatable bonds is 3. The topological polar surface area (TPSA) is 82.4 Å². The van der Waals surface area contributed by atoms with Gasteiger partial charge in [0.2, 0.25) is 5.91 Å². The average molecular weight is 309 g/mol. The van der Waals surface area contributed by atoms with Crippen LogP contribution in [0.2, 0.25) is 0 Å². The van der Waals surface area contributed by atoms with Crippen LogP contribution in [0.3, 0.4) is 0 Å². The summed E-state index contributed by atoms with van der Waals surface area (Å²) in [6.07, 6.45) is 3.77. The molecule has 122 valence electrons. The Kier molecular flexibility index (Phi) is 4.73. The van der Waals surface area contributed by atoms with Crippen molar-refractivity contribution in [3.05, 3.63) is 0 Å². The van der Waals surface area contributed by atoms with Crippen molar-refractivity contribution in [2.75, 3.05) is 39.5 Å². The van der Waals surface area contributed by atoms with Gasteiger partial charge in [0, 0.05) is 24.7 Å². The third-order valence-electron chi connectivity index (χ3n) is 4.70. The fraction of sp³-hybridized carbons (Fsp3) is 0.800. The second-order valence-corrected chi connectivity index (χ2v) is 6.04. The van der Waals surface area contributed by atoms with Gasteiger partial charge in [-0.05, 0) is 19.3 Å². The predicted octanol–water partition coefficient (Wildman–Crippen LogP) is -0.158. The largest absolute Gasteiger partial charge is 0.394 e. The third kappa shape index (κ3) is 2.87. The number of carbonyl (C=O) groups is 2. The van der Waals surface area contributed by atoms with Gasteiger partial charge in [-0.3, -0.25) is 9.59 Å². The van der Waals surface area contributed by atoms with E-state index in [9.17, 15) is 9.59 Å². The second-order valence-electron chi connectivity index (χ2n) is 6.04. The first-order valence-corrected chi connectivity index (χ1v) is 8.08. The third-order valence-corrected chi connectivity index (χ3v) is 4.70. The summed E-state index contributed by atoms with van der Waals surface area (Å²) < 4.78 is 5.28. The lowest BCUT2D eigenvalue weighted by Crippen LogP contribution is -2.55. The van der Waals surface area contributed by atoms with Crippen LogP contribution in [0, 0.1) is 11.8 Å². The lowest BCUT2D eigenvalue weighted by molar-refractivity contribution is -0.152. The first-order chi connectivity index (χ1) is 10.7. The summed E-state index contributed by atoms with van der Waals surface area (Å²) in [5.74, 6) is -1.10. The van der Waals surface area contributed by atoms with E-state index < -0.39 is 5.92 Å². The number of hydrogen-bond acceptors (Lipinski definition) is 5. The summed E-state index contributed by atoms with van der Waals surface area (Å²) in [6, 6.07) is 0. The van der Waals surface area contributed by atoms with Crippen molar-refractivity contribution >= 4 is 17.5 Å². The van der Waals surface area contributed by atoms with E-state index in [4.69, 9.17) is 9.84 Å². The number of nitrogens with zero attached hydrogens (tertiary/aromatic N) is 3. The normalized spacial score (nSPS) is 29.1. The molecule has 1 saturated carbocycles. The van der Waals surface area contributed by atoms with Gasteiger partial charge in [0.15, 0.2) is 0 Å². The zero-order valence-corrected chi connectivity index (χ0v) is 12.7. The Morgan fingerprint density at radius 1 is 1.32 bits per heavy atom. The molecule has 7 heteroatoms. The van der Waals surface area contributed by atoms with Crippen LogP contribution in [0.1, 0.15) is 25.7 Å². The molecule has 2 atom stereocenters. The maximum atomic E-state index is 12.9. The molecule has 1 N–H and O–H groups in total. The molecule has 3 rings (SSSR count). The Bertz CT molecular complexity index is 473. The van der Waals surface area contributed by atoms with E-state index in [0.29, 0.717) is 26.3 Å². The second kappa shape index (κ2) is 6.75. The molecule has 2 heterocycles. The molecular weight excluding hydrogens is 286 g/mol. The summed E-state index contributed by atoms with van der Waals surface area (Å²) in [6.45, 7) is 2.15. The molecule has 2 fully saturated rings. The number of amides is 2. The SMILES string of the molecule is O=C(C1C(=O)N(CCO)N=C2CCCCC21)N1CCOCC1. The molecule has 7 nitrogen and oxygen atoms in total. The van der Waals surface area contributed by atoms with Gasteiger partial charge in [-0.25, -0.2) is 5.01 Å². The molecule has 3 aliphatic rings. The van der Waals surface area contributed by atoms with Crippen molar-refractivity contribution in [1.29, 1.82) is 0 Å². The Hall–Kier alpha value is -1.47. The van der Waals surface area contributed by atoms with Crippen LogP contribution < -0.4 is 0 Å². The quantitative estimate of drug-likeness (QED) is 0.735. The first kappa shape index (κ1) is 15.4. The fourth-order valence-corrected chi connectivity index (χ4v) is 3.56. The number of hydrogen-bond donors (Lipinski definition) is 1. The lowest BCUT2D eigenvalue weighted by Gasteiger charge is -2.39. The number of morpholine rings is 1. The molecule has 0 spiro atoms. The molecule has 2 amide bonds. The number of hydrazone groups is 1. The highest BCUT2D eigenvalue weighted by atomic mass is 16.5.